The van der Waals surface area contributed by atoms with Crippen molar-refractivity contribution >= 4 is 22.6 Å². The fourth-order valence-electron chi connectivity index (χ4n) is 3.80. The largest absolute Gasteiger partial charge is 0.491 e. The van der Waals surface area contributed by atoms with Crippen molar-refractivity contribution < 1.29 is 9.47 Å². The van der Waals surface area contributed by atoms with Gasteiger partial charge in [0.25, 0.3) is 0 Å². The first-order valence-electron chi connectivity index (χ1n) is 10.8. The molecule has 0 bridgehead atoms. The van der Waals surface area contributed by atoms with Gasteiger partial charge in [-0.15, -0.1) is 6.58 Å². The van der Waals surface area contributed by atoms with Gasteiger partial charge in [0, 0.05) is 5.02 Å². The van der Waals surface area contributed by atoms with E-state index in [2.05, 4.69) is 23.3 Å². The van der Waals surface area contributed by atoms with E-state index < -0.39 is 0 Å². The molecule has 0 amide bonds. The van der Waals surface area contributed by atoms with Gasteiger partial charge in [-0.2, -0.15) is 0 Å². The van der Waals surface area contributed by atoms with Crippen LogP contribution in [-0.2, 0) is 13.0 Å². The SMILES string of the molecule is C=CCc1ccccc1OCCn1c(C(C)Oc2ccc(Cl)c(C)c2)nc2ccccc21. The topological polar surface area (TPSA) is 36.3 Å². The summed E-state index contributed by atoms with van der Waals surface area (Å²) in [5.41, 5.74) is 4.12. The number of nitrogens with zero attached hydrogens (tertiary/aromatic N) is 2. The Morgan fingerprint density at radius 1 is 1.09 bits per heavy atom. The highest BCUT2D eigenvalue weighted by molar-refractivity contribution is 6.31. The molecule has 0 saturated heterocycles. The van der Waals surface area contributed by atoms with Crippen molar-refractivity contribution in [3.63, 3.8) is 0 Å². The van der Waals surface area contributed by atoms with Crippen LogP contribution in [0.5, 0.6) is 11.5 Å². The summed E-state index contributed by atoms with van der Waals surface area (Å²) in [7, 11) is 0. The maximum Gasteiger partial charge on any atom is 0.153 e. The van der Waals surface area contributed by atoms with Gasteiger partial charge in [0.1, 0.15) is 18.1 Å². The number of aromatic nitrogens is 2. The van der Waals surface area contributed by atoms with Crippen LogP contribution >= 0.6 is 11.6 Å². The molecule has 4 aromatic rings. The van der Waals surface area contributed by atoms with Gasteiger partial charge >= 0.3 is 0 Å². The number of hydrogen-bond acceptors (Lipinski definition) is 3. The van der Waals surface area contributed by atoms with E-state index in [-0.39, 0.29) is 6.10 Å². The number of aryl methyl sites for hydroxylation is 1. The van der Waals surface area contributed by atoms with Crippen LogP contribution in [0.1, 0.15) is 30.0 Å². The molecule has 1 unspecified atom stereocenters. The predicted octanol–water partition coefficient (Wildman–Crippen LogP) is 6.95. The molecular formula is C27H27ClN2O2. The van der Waals surface area contributed by atoms with Crippen LogP contribution in [0.3, 0.4) is 0 Å². The van der Waals surface area contributed by atoms with Gasteiger partial charge < -0.3 is 14.0 Å². The van der Waals surface area contributed by atoms with Crippen molar-refractivity contribution in [2.45, 2.75) is 32.9 Å². The zero-order valence-corrected chi connectivity index (χ0v) is 19.2. The minimum atomic E-state index is -0.240. The molecule has 0 saturated carbocycles. The van der Waals surface area contributed by atoms with Crippen LogP contribution in [0.25, 0.3) is 11.0 Å². The lowest BCUT2D eigenvalue weighted by Gasteiger charge is -2.18. The van der Waals surface area contributed by atoms with Crippen LogP contribution in [0, 0.1) is 6.92 Å². The van der Waals surface area contributed by atoms with Gasteiger partial charge in [0.2, 0.25) is 0 Å². The highest BCUT2D eigenvalue weighted by atomic mass is 35.5. The molecule has 5 heteroatoms. The zero-order valence-electron chi connectivity index (χ0n) is 18.4. The van der Waals surface area contributed by atoms with Gasteiger partial charge in [0.05, 0.1) is 17.6 Å². The second kappa shape index (κ2) is 9.92. The second-order valence-corrected chi connectivity index (χ2v) is 8.14. The molecule has 1 atom stereocenters. The number of rotatable bonds is 9. The van der Waals surface area contributed by atoms with E-state index in [1.807, 2.05) is 74.5 Å². The first-order valence-corrected chi connectivity index (χ1v) is 11.1. The summed E-state index contributed by atoms with van der Waals surface area (Å²) in [5, 5.41) is 0.728. The Bertz CT molecular complexity index is 1230. The van der Waals surface area contributed by atoms with E-state index in [1.54, 1.807) is 0 Å². The highest BCUT2D eigenvalue weighted by Crippen LogP contribution is 2.28. The van der Waals surface area contributed by atoms with Crippen LogP contribution in [0.4, 0.5) is 0 Å². The molecule has 0 aliphatic carbocycles. The minimum absolute atomic E-state index is 0.240. The van der Waals surface area contributed by atoms with E-state index in [0.29, 0.717) is 13.2 Å². The lowest BCUT2D eigenvalue weighted by molar-refractivity contribution is 0.207. The average Bonchev–Trinajstić information content (AvgIpc) is 3.16. The molecule has 164 valence electrons. The number of hydrogen-bond donors (Lipinski definition) is 0. The Labute approximate surface area is 194 Å². The van der Waals surface area contributed by atoms with Crippen molar-refractivity contribution in [1.82, 2.24) is 9.55 Å². The molecule has 0 aliphatic rings. The third-order valence-corrected chi connectivity index (χ3v) is 5.82. The molecule has 0 aliphatic heterocycles. The van der Waals surface area contributed by atoms with Crippen molar-refractivity contribution in [2.24, 2.45) is 0 Å². The minimum Gasteiger partial charge on any atom is -0.491 e. The molecule has 0 N–H and O–H groups in total. The fraction of sp³-hybridized carbons (Fsp3) is 0.222. The average molecular weight is 447 g/mol. The monoisotopic (exact) mass is 446 g/mol. The molecule has 3 aromatic carbocycles. The standard InChI is InChI=1S/C27H27ClN2O2/c1-4-9-21-10-5-8-13-26(21)31-17-16-30-25-12-7-6-11-24(25)29-27(30)20(3)32-22-14-15-23(28)19(2)18-22/h4-8,10-15,18,20H,1,9,16-17H2,2-3H3. The van der Waals surface area contributed by atoms with Crippen LogP contribution in [0.2, 0.25) is 5.02 Å². The smallest absolute Gasteiger partial charge is 0.153 e. The van der Waals surface area contributed by atoms with Crippen LogP contribution in [0.15, 0.2) is 79.4 Å². The van der Waals surface area contributed by atoms with E-state index in [1.165, 1.54) is 0 Å². The molecule has 1 heterocycles. The molecule has 32 heavy (non-hydrogen) atoms. The van der Waals surface area contributed by atoms with Gasteiger partial charge in [0.15, 0.2) is 11.9 Å². The van der Waals surface area contributed by atoms with Crippen LogP contribution in [-0.4, -0.2) is 16.2 Å². The number of benzene rings is 3. The third-order valence-electron chi connectivity index (χ3n) is 5.40. The Hall–Kier alpha value is -3.24. The second-order valence-electron chi connectivity index (χ2n) is 7.73. The molecule has 0 radical (unpaired) electrons. The van der Waals surface area contributed by atoms with Gasteiger partial charge in [-0.25, -0.2) is 4.98 Å². The Kier molecular flexibility index (Phi) is 6.81. The number of fused-ring (bicyclic) bond motifs is 1. The van der Waals surface area contributed by atoms with Crippen LogP contribution < -0.4 is 9.47 Å². The number of halogens is 1. The van der Waals surface area contributed by atoms with Crippen molar-refractivity contribution in [1.29, 1.82) is 0 Å². The molecule has 4 rings (SSSR count). The van der Waals surface area contributed by atoms with Gasteiger partial charge in [-0.1, -0.05) is 48.0 Å². The molecule has 4 nitrogen and oxygen atoms in total. The molecule has 1 aromatic heterocycles. The van der Waals surface area contributed by atoms with E-state index >= 15 is 0 Å². The van der Waals surface area contributed by atoms with E-state index in [0.717, 1.165) is 50.9 Å². The summed E-state index contributed by atoms with van der Waals surface area (Å²) in [6, 6.07) is 21.9. The fourth-order valence-corrected chi connectivity index (χ4v) is 3.92. The normalized spacial score (nSPS) is 12.0. The number of allylic oxidation sites excluding steroid dienone is 1. The Morgan fingerprint density at radius 2 is 1.88 bits per heavy atom. The number of imidazole rings is 1. The number of para-hydroxylation sites is 3. The lowest BCUT2D eigenvalue weighted by Crippen LogP contribution is -2.16. The van der Waals surface area contributed by atoms with Gasteiger partial charge in [-0.05, 0) is 67.8 Å². The van der Waals surface area contributed by atoms with Crippen molar-refractivity contribution in [2.75, 3.05) is 6.61 Å². The van der Waals surface area contributed by atoms with Crippen molar-refractivity contribution in [3.8, 4) is 11.5 Å². The predicted molar refractivity (Wildman–Crippen MR) is 131 cm³/mol. The summed E-state index contributed by atoms with van der Waals surface area (Å²) in [6.07, 6.45) is 2.43. The third kappa shape index (κ3) is 4.81. The Morgan fingerprint density at radius 3 is 2.69 bits per heavy atom. The van der Waals surface area contributed by atoms with Gasteiger partial charge in [-0.3, -0.25) is 0 Å². The Balaban J connectivity index is 1.56. The zero-order chi connectivity index (χ0) is 22.5. The molecule has 0 spiro atoms. The highest BCUT2D eigenvalue weighted by Gasteiger charge is 2.18. The van der Waals surface area contributed by atoms with Crippen molar-refractivity contribution in [3.05, 3.63) is 101 Å². The maximum absolute atomic E-state index is 6.23. The molecule has 0 fully saturated rings. The first-order chi connectivity index (χ1) is 15.6. The summed E-state index contributed by atoms with van der Waals surface area (Å²) >= 11 is 6.16. The first kappa shape index (κ1) is 22.0. The summed E-state index contributed by atoms with van der Waals surface area (Å²) in [6.45, 7) is 9.00. The summed E-state index contributed by atoms with van der Waals surface area (Å²) in [5.74, 6) is 2.52. The molecular weight excluding hydrogens is 420 g/mol. The summed E-state index contributed by atoms with van der Waals surface area (Å²) < 4.78 is 14.5. The maximum atomic E-state index is 6.23. The summed E-state index contributed by atoms with van der Waals surface area (Å²) in [4.78, 5) is 4.86. The van der Waals surface area contributed by atoms with E-state index in [4.69, 9.17) is 26.1 Å². The number of ether oxygens (including phenoxy) is 2. The lowest BCUT2D eigenvalue weighted by atomic mass is 10.1. The quantitative estimate of drug-likeness (QED) is 0.261. The van der Waals surface area contributed by atoms with E-state index in [9.17, 15) is 0 Å².